The van der Waals surface area contributed by atoms with Gasteiger partial charge in [-0.25, -0.2) is 4.68 Å². The first-order valence-corrected chi connectivity index (χ1v) is 4.99. The van der Waals surface area contributed by atoms with E-state index in [1.165, 1.54) is 0 Å². The number of hydrogen-bond donors (Lipinski definition) is 0. The number of nitrogens with zero attached hydrogens (tertiary/aromatic N) is 3. The molecule has 0 saturated carbocycles. The van der Waals surface area contributed by atoms with Crippen LogP contribution in [0, 0.1) is 0 Å². The zero-order chi connectivity index (χ0) is 13.1. The van der Waals surface area contributed by atoms with Crippen LogP contribution in [0.4, 0.5) is 0 Å². The van der Waals surface area contributed by atoms with Gasteiger partial charge in [0.2, 0.25) is 0 Å². The molecule has 0 aliphatic heterocycles. The van der Waals surface area contributed by atoms with Crippen LogP contribution in [0.1, 0.15) is 26.5 Å². The fraction of sp³-hybridized carbons (Fsp3) is 0.0909. The van der Waals surface area contributed by atoms with Crippen LogP contribution >= 0.6 is 0 Å². The van der Waals surface area contributed by atoms with Crippen LogP contribution in [0.15, 0.2) is 30.3 Å². The fourth-order valence-corrected chi connectivity index (χ4v) is 1.52. The molecule has 0 radical (unpaired) electrons. The Labute approximate surface area is 101 Å². The molecule has 0 atom stereocenters. The molecule has 0 saturated heterocycles. The lowest BCUT2D eigenvalue weighted by molar-refractivity contribution is -0.260. The van der Waals surface area contributed by atoms with E-state index >= 15 is 0 Å². The molecule has 0 N–H and O–H groups in total. The molecule has 0 fully saturated rings. The van der Waals surface area contributed by atoms with E-state index in [-0.39, 0.29) is 6.54 Å². The Hall–Kier alpha value is -2.70. The Kier molecular flexibility index (Phi) is 3.05. The first-order chi connectivity index (χ1) is 8.59. The molecule has 1 aromatic heterocycles. The van der Waals surface area contributed by atoms with Crippen LogP contribution in [0.3, 0.4) is 0 Å². The third kappa shape index (κ3) is 2.19. The number of hydrogen-bond acceptors (Lipinski definition) is 6. The van der Waals surface area contributed by atoms with Gasteiger partial charge in [0.1, 0.15) is 11.4 Å². The average Bonchev–Trinajstić information content (AvgIpc) is 2.74. The molecule has 2 rings (SSSR count). The Balaban J connectivity index is 2.40. The summed E-state index contributed by atoms with van der Waals surface area (Å²) >= 11 is 0. The predicted octanol–water partition coefficient (Wildman–Crippen LogP) is -1.95. The molecule has 0 spiro atoms. The molecule has 0 aliphatic carbocycles. The van der Waals surface area contributed by atoms with Gasteiger partial charge in [0.15, 0.2) is 0 Å². The van der Waals surface area contributed by atoms with E-state index in [1.54, 1.807) is 30.3 Å². The summed E-state index contributed by atoms with van der Waals surface area (Å²) in [7, 11) is 0. The zero-order valence-electron chi connectivity index (χ0n) is 9.07. The fourth-order valence-electron chi connectivity index (χ4n) is 1.52. The van der Waals surface area contributed by atoms with Crippen molar-refractivity contribution in [2.75, 3.05) is 0 Å². The highest BCUT2D eigenvalue weighted by atomic mass is 16.4. The number of benzene rings is 1. The van der Waals surface area contributed by atoms with Gasteiger partial charge in [0.05, 0.1) is 18.5 Å². The van der Waals surface area contributed by atoms with E-state index in [0.29, 0.717) is 0 Å². The molecular weight excluding hydrogens is 238 g/mol. The molecule has 1 aromatic carbocycles. The largest absolute Gasteiger partial charge is 0.543 e. The highest BCUT2D eigenvalue weighted by Gasteiger charge is 2.14. The maximum absolute atomic E-state index is 10.9. The zero-order valence-corrected chi connectivity index (χ0v) is 9.07. The molecule has 18 heavy (non-hydrogen) atoms. The highest BCUT2D eigenvalue weighted by molar-refractivity contribution is 5.97. The normalized spacial score (nSPS) is 10.2. The number of carboxylic acids is 2. The van der Waals surface area contributed by atoms with Crippen LogP contribution < -0.4 is 10.2 Å². The number of aromatic carboxylic acids is 2. The van der Waals surface area contributed by atoms with E-state index in [2.05, 4.69) is 10.3 Å². The van der Waals surface area contributed by atoms with Gasteiger partial charge < -0.3 is 19.8 Å². The summed E-state index contributed by atoms with van der Waals surface area (Å²) in [4.78, 5) is 21.6. The minimum absolute atomic E-state index is 0.0877. The Morgan fingerprint density at radius 2 is 1.78 bits per heavy atom. The van der Waals surface area contributed by atoms with E-state index in [1.807, 2.05) is 0 Å². The van der Waals surface area contributed by atoms with Crippen molar-refractivity contribution in [3.05, 3.63) is 47.3 Å². The second-order valence-corrected chi connectivity index (χ2v) is 3.50. The van der Waals surface area contributed by atoms with E-state index in [4.69, 9.17) is 0 Å². The summed E-state index contributed by atoms with van der Waals surface area (Å²) in [5.41, 5.74) is -0.570. The topological polar surface area (TPSA) is 111 Å². The van der Waals surface area contributed by atoms with Crippen LogP contribution in [-0.2, 0) is 6.54 Å². The van der Waals surface area contributed by atoms with Crippen molar-refractivity contribution in [3.8, 4) is 0 Å². The van der Waals surface area contributed by atoms with Gasteiger partial charge in [-0.3, -0.25) is 0 Å². The molecule has 0 bridgehead atoms. The maximum atomic E-state index is 10.9. The van der Waals surface area contributed by atoms with Crippen LogP contribution in [0.2, 0.25) is 0 Å². The Bertz CT molecular complexity index is 592. The van der Waals surface area contributed by atoms with Gasteiger partial charge in [-0.15, -0.1) is 5.10 Å². The second kappa shape index (κ2) is 4.66. The SMILES string of the molecule is O=C([O-])c1nnn(Cc2ccccc2)c1C(=O)[O-]. The summed E-state index contributed by atoms with van der Waals surface area (Å²) in [5.74, 6) is -3.36. The van der Waals surface area contributed by atoms with Crippen LogP contribution in [-0.4, -0.2) is 26.9 Å². The first kappa shape index (κ1) is 11.8. The number of carbonyl (C=O) groups excluding carboxylic acids is 2. The van der Waals surface area contributed by atoms with E-state index in [0.717, 1.165) is 10.2 Å². The summed E-state index contributed by atoms with van der Waals surface area (Å²) in [6.07, 6.45) is 0. The lowest BCUT2D eigenvalue weighted by Gasteiger charge is -2.08. The van der Waals surface area contributed by atoms with Crippen LogP contribution in [0.5, 0.6) is 0 Å². The number of aromatic nitrogens is 3. The first-order valence-electron chi connectivity index (χ1n) is 4.99. The third-order valence-corrected chi connectivity index (χ3v) is 2.30. The van der Waals surface area contributed by atoms with E-state index in [9.17, 15) is 19.8 Å². The van der Waals surface area contributed by atoms with Gasteiger partial charge in [-0.05, 0) is 5.56 Å². The predicted molar refractivity (Wildman–Crippen MR) is 54.2 cm³/mol. The van der Waals surface area contributed by atoms with Gasteiger partial charge in [0, 0.05) is 0 Å². The molecule has 0 aliphatic rings. The van der Waals surface area contributed by atoms with Gasteiger partial charge in [-0.2, -0.15) is 0 Å². The minimum Gasteiger partial charge on any atom is -0.543 e. The summed E-state index contributed by atoms with van der Waals surface area (Å²) in [6, 6.07) is 8.84. The number of carbonyl (C=O) groups is 2. The number of rotatable bonds is 4. The van der Waals surface area contributed by atoms with Crippen molar-refractivity contribution in [1.29, 1.82) is 0 Å². The highest BCUT2D eigenvalue weighted by Crippen LogP contribution is 2.07. The standard InChI is InChI=1S/C11H9N3O4/c15-10(16)8-9(11(17)18)14(13-12-8)6-7-4-2-1-3-5-7/h1-5H,6H2,(H,15,16)(H,17,18)/p-2. The summed E-state index contributed by atoms with van der Waals surface area (Å²) in [6.45, 7) is 0.0877. The van der Waals surface area contributed by atoms with Crippen molar-refractivity contribution >= 4 is 11.9 Å². The third-order valence-electron chi connectivity index (χ3n) is 2.30. The second-order valence-electron chi connectivity index (χ2n) is 3.50. The van der Waals surface area contributed by atoms with Gasteiger partial charge in [-0.1, -0.05) is 35.5 Å². The van der Waals surface area contributed by atoms with Crippen LogP contribution in [0.25, 0.3) is 0 Å². The lowest BCUT2D eigenvalue weighted by atomic mass is 10.2. The molecule has 7 nitrogen and oxygen atoms in total. The van der Waals surface area contributed by atoms with Crippen molar-refractivity contribution in [2.24, 2.45) is 0 Å². The maximum Gasteiger partial charge on any atom is 0.137 e. The van der Waals surface area contributed by atoms with Crippen molar-refractivity contribution < 1.29 is 19.8 Å². The van der Waals surface area contributed by atoms with Gasteiger partial charge >= 0.3 is 0 Å². The lowest BCUT2D eigenvalue weighted by Crippen LogP contribution is -2.32. The number of carboxylic acid groups (broad SMARTS) is 2. The molecule has 92 valence electrons. The molecular formula is C11H7N3O4-2. The quantitative estimate of drug-likeness (QED) is 0.619. The summed E-state index contributed by atoms with van der Waals surface area (Å²) in [5, 5.41) is 28.3. The molecule has 7 heteroatoms. The average molecular weight is 245 g/mol. The van der Waals surface area contributed by atoms with Crippen molar-refractivity contribution in [1.82, 2.24) is 15.0 Å². The Morgan fingerprint density at radius 3 is 2.33 bits per heavy atom. The summed E-state index contributed by atoms with van der Waals surface area (Å²) < 4.78 is 0.954. The van der Waals surface area contributed by atoms with E-state index < -0.39 is 23.3 Å². The van der Waals surface area contributed by atoms with Gasteiger partial charge in [0.25, 0.3) is 0 Å². The minimum atomic E-state index is -1.70. The molecule has 0 unspecified atom stereocenters. The molecule has 0 amide bonds. The monoisotopic (exact) mass is 245 g/mol. The molecule has 1 heterocycles. The van der Waals surface area contributed by atoms with Crippen molar-refractivity contribution in [2.45, 2.75) is 6.54 Å². The van der Waals surface area contributed by atoms with Crippen molar-refractivity contribution in [3.63, 3.8) is 0 Å². The molecule has 2 aromatic rings. The smallest absolute Gasteiger partial charge is 0.137 e. The Morgan fingerprint density at radius 1 is 1.11 bits per heavy atom.